The second-order valence-electron chi connectivity index (χ2n) is 6.80. The summed E-state index contributed by atoms with van der Waals surface area (Å²) in [7, 11) is 0. The van der Waals surface area contributed by atoms with Crippen molar-refractivity contribution in [1.82, 2.24) is 15.5 Å². The van der Waals surface area contributed by atoms with Gasteiger partial charge in [-0.2, -0.15) is 0 Å². The molecule has 2 aromatic carbocycles. The van der Waals surface area contributed by atoms with Crippen molar-refractivity contribution in [3.63, 3.8) is 0 Å². The van der Waals surface area contributed by atoms with Gasteiger partial charge in [-0.05, 0) is 43.0 Å². The number of hydrogen-bond acceptors (Lipinski definition) is 5. The molecule has 1 aliphatic rings. The number of rotatable bonds is 5. The molecule has 1 atom stereocenters. The molecule has 1 N–H and O–H groups in total. The Morgan fingerprint density at radius 2 is 1.82 bits per heavy atom. The number of nitrogens with zero attached hydrogens (tertiary/aromatic N) is 3. The predicted octanol–water partition coefficient (Wildman–Crippen LogP) is 4.34. The van der Waals surface area contributed by atoms with E-state index < -0.39 is 6.04 Å². The summed E-state index contributed by atoms with van der Waals surface area (Å²) in [6, 6.07) is 16.9. The normalized spacial score (nSPS) is 15.2. The van der Waals surface area contributed by atoms with E-state index in [1.807, 2.05) is 42.5 Å². The lowest BCUT2D eigenvalue weighted by molar-refractivity contribution is 0.0938. The summed E-state index contributed by atoms with van der Waals surface area (Å²) in [6.45, 7) is 1.84. The maximum Gasteiger partial charge on any atom is 0.318 e. The van der Waals surface area contributed by atoms with Crippen LogP contribution in [0.2, 0.25) is 0 Å². The molecule has 0 aliphatic carbocycles. The summed E-state index contributed by atoms with van der Waals surface area (Å²) < 4.78 is 6.83. The molecule has 3 aromatic rings. The van der Waals surface area contributed by atoms with Gasteiger partial charge in [0, 0.05) is 23.1 Å². The number of nitrogens with one attached hydrogen (secondary N) is 1. The highest BCUT2D eigenvalue weighted by Crippen LogP contribution is 2.26. The van der Waals surface area contributed by atoms with Crippen LogP contribution in [0.3, 0.4) is 0 Å². The van der Waals surface area contributed by atoms with E-state index in [1.165, 1.54) is 6.42 Å². The van der Waals surface area contributed by atoms with Gasteiger partial charge in [-0.25, -0.2) is 0 Å². The minimum Gasteiger partial charge on any atom is -0.405 e. The van der Waals surface area contributed by atoms with Crippen LogP contribution in [-0.2, 0) is 0 Å². The van der Waals surface area contributed by atoms with Crippen LogP contribution < -0.4 is 10.2 Å². The average Bonchev–Trinajstić information content (AvgIpc) is 3.23. The molecule has 6 nitrogen and oxygen atoms in total. The monoisotopic (exact) mass is 440 g/mol. The van der Waals surface area contributed by atoms with Gasteiger partial charge in [0.2, 0.25) is 5.89 Å². The summed E-state index contributed by atoms with van der Waals surface area (Å²) in [6.07, 6.45) is 3.48. The van der Waals surface area contributed by atoms with Crippen molar-refractivity contribution in [1.29, 1.82) is 0 Å². The molecule has 7 heteroatoms. The lowest BCUT2D eigenvalue weighted by Crippen LogP contribution is -2.30. The van der Waals surface area contributed by atoms with E-state index in [0.29, 0.717) is 17.5 Å². The van der Waals surface area contributed by atoms with Crippen LogP contribution >= 0.6 is 15.9 Å². The zero-order valence-corrected chi connectivity index (χ0v) is 16.9. The highest BCUT2D eigenvalue weighted by molar-refractivity contribution is 9.10. The zero-order chi connectivity index (χ0) is 19.3. The van der Waals surface area contributed by atoms with Crippen molar-refractivity contribution < 1.29 is 9.21 Å². The van der Waals surface area contributed by atoms with Crippen LogP contribution in [-0.4, -0.2) is 29.2 Å². The second kappa shape index (κ2) is 8.56. The standard InChI is InChI=1S/C21H21BrN4O2/c22-17-11-7-10-16(14-17)19(27)23-18(15-8-3-1-4-9-15)20-24-25-21(28-20)26-12-5-2-6-13-26/h1,3-4,7-11,14,18H,2,5-6,12-13H2,(H,23,27)/t18-/m0/s1. The highest BCUT2D eigenvalue weighted by Gasteiger charge is 2.25. The van der Waals surface area contributed by atoms with Crippen LogP contribution in [0.25, 0.3) is 0 Å². The first-order valence-electron chi connectivity index (χ1n) is 9.40. The molecule has 28 heavy (non-hydrogen) atoms. The molecule has 0 spiro atoms. The zero-order valence-electron chi connectivity index (χ0n) is 15.3. The number of carbonyl (C=O) groups is 1. The predicted molar refractivity (Wildman–Crippen MR) is 110 cm³/mol. The number of benzene rings is 2. The van der Waals surface area contributed by atoms with E-state index in [4.69, 9.17) is 4.42 Å². The van der Waals surface area contributed by atoms with Crippen LogP contribution in [0, 0.1) is 0 Å². The molecule has 1 aromatic heterocycles. The van der Waals surface area contributed by atoms with Crippen molar-refractivity contribution in [2.75, 3.05) is 18.0 Å². The molecule has 1 aliphatic heterocycles. The molecule has 1 amide bonds. The Labute approximate surface area is 172 Å². The maximum atomic E-state index is 12.8. The number of piperidine rings is 1. The summed E-state index contributed by atoms with van der Waals surface area (Å²) in [5.41, 5.74) is 1.45. The molecule has 1 fully saturated rings. The molecule has 0 radical (unpaired) electrons. The lowest BCUT2D eigenvalue weighted by Gasteiger charge is -2.24. The first-order chi connectivity index (χ1) is 13.7. The van der Waals surface area contributed by atoms with Crippen molar-refractivity contribution in [3.8, 4) is 0 Å². The number of amides is 1. The summed E-state index contributed by atoms with van der Waals surface area (Å²) >= 11 is 3.41. The van der Waals surface area contributed by atoms with Gasteiger partial charge in [0.1, 0.15) is 6.04 Å². The van der Waals surface area contributed by atoms with Gasteiger partial charge in [0.15, 0.2) is 0 Å². The van der Waals surface area contributed by atoms with Gasteiger partial charge in [-0.15, -0.1) is 5.10 Å². The average molecular weight is 441 g/mol. The van der Waals surface area contributed by atoms with Gasteiger partial charge in [0.25, 0.3) is 5.91 Å². The largest absolute Gasteiger partial charge is 0.405 e. The summed E-state index contributed by atoms with van der Waals surface area (Å²) in [5.74, 6) is 0.183. The Morgan fingerprint density at radius 3 is 2.57 bits per heavy atom. The molecule has 1 saturated heterocycles. The van der Waals surface area contributed by atoms with Gasteiger partial charge >= 0.3 is 6.01 Å². The Hall–Kier alpha value is -2.67. The number of aromatic nitrogens is 2. The van der Waals surface area contributed by atoms with E-state index >= 15 is 0 Å². The lowest BCUT2D eigenvalue weighted by atomic mass is 10.1. The number of anilines is 1. The number of halogens is 1. The van der Waals surface area contributed by atoms with Crippen molar-refractivity contribution in [2.24, 2.45) is 0 Å². The van der Waals surface area contributed by atoms with Crippen LogP contribution in [0.4, 0.5) is 6.01 Å². The third-order valence-electron chi connectivity index (χ3n) is 4.80. The van der Waals surface area contributed by atoms with E-state index in [-0.39, 0.29) is 5.91 Å². The van der Waals surface area contributed by atoms with Crippen LogP contribution in [0.1, 0.15) is 47.1 Å². The molecule has 0 bridgehead atoms. The Balaban J connectivity index is 1.61. The van der Waals surface area contributed by atoms with Gasteiger partial charge in [-0.3, -0.25) is 4.79 Å². The molecular formula is C21H21BrN4O2. The Kier molecular flexibility index (Phi) is 5.71. The van der Waals surface area contributed by atoms with Crippen LogP contribution in [0.5, 0.6) is 0 Å². The second-order valence-corrected chi connectivity index (χ2v) is 7.71. The van der Waals surface area contributed by atoms with E-state index in [9.17, 15) is 4.79 Å². The quantitative estimate of drug-likeness (QED) is 0.638. The van der Waals surface area contributed by atoms with Gasteiger partial charge < -0.3 is 14.6 Å². The van der Waals surface area contributed by atoms with E-state index in [1.54, 1.807) is 12.1 Å². The number of carbonyl (C=O) groups excluding carboxylic acids is 1. The Morgan fingerprint density at radius 1 is 1.04 bits per heavy atom. The minimum absolute atomic E-state index is 0.201. The van der Waals surface area contributed by atoms with E-state index in [0.717, 1.165) is 36.0 Å². The fourth-order valence-corrected chi connectivity index (χ4v) is 3.73. The Bertz CT molecular complexity index is 938. The highest BCUT2D eigenvalue weighted by atomic mass is 79.9. The van der Waals surface area contributed by atoms with Crippen molar-refractivity contribution in [3.05, 3.63) is 76.1 Å². The molecule has 0 unspecified atom stereocenters. The first kappa shape index (κ1) is 18.7. The summed E-state index contributed by atoms with van der Waals surface area (Å²) in [4.78, 5) is 14.9. The third-order valence-corrected chi connectivity index (χ3v) is 5.29. The third kappa shape index (κ3) is 4.25. The van der Waals surface area contributed by atoms with Crippen molar-refractivity contribution >= 4 is 27.9 Å². The molecule has 0 saturated carbocycles. The summed E-state index contributed by atoms with van der Waals surface area (Å²) in [5, 5.41) is 11.5. The molecular weight excluding hydrogens is 420 g/mol. The fraction of sp³-hybridized carbons (Fsp3) is 0.286. The molecule has 4 rings (SSSR count). The van der Waals surface area contributed by atoms with Gasteiger partial charge in [-0.1, -0.05) is 57.4 Å². The van der Waals surface area contributed by atoms with Crippen LogP contribution in [0.15, 0.2) is 63.5 Å². The minimum atomic E-state index is -0.515. The van der Waals surface area contributed by atoms with E-state index in [2.05, 4.69) is 36.3 Å². The van der Waals surface area contributed by atoms with Crippen molar-refractivity contribution in [2.45, 2.75) is 25.3 Å². The topological polar surface area (TPSA) is 71.3 Å². The maximum absolute atomic E-state index is 12.8. The smallest absolute Gasteiger partial charge is 0.318 e. The van der Waals surface area contributed by atoms with Gasteiger partial charge in [0.05, 0.1) is 0 Å². The first-order valence-corrected chi connectivity index (χ1v) is 10.2. The molecule has 2 heterocycles. The number of hydrogen-bond donors (Lipinski definition) is 1. The SMILES string of the molecule is O=C(N[C@@H](c1ccccc1)c1nnc(N2CCCCC2)o1)c1cccc(Br)c1. The fourth-order valence-electron chi connectivity index (χ4n) is 3.33. The molecule has 144 valence electrons.